The van der Waals surface area contributed by atoms with Gasteiger partial charge in [0.2, 0.25) is 6.79 Å². The number of Topliss-reactive ketones (excluding diaryl/α,β-unsaturated/α-hetero) is 1. The van der Waals surface area contributed by atoms with Gasteiger partial charge in [-0.25, -0.2) is 0 Å². The van der Waals surface area contributed by atoms with E-state index in [0.717, 1.165) is 52.4 Å². The number of fused-ring (bicyclic) bond motifs is 2. The summed E-state index contributed by atoms with van der Waals surface area (Å²) in [5.74, 6) is 2.36. The molecule has 2 aromatic carbocycles. The zero-order chi connectivity index (χ0) is 15.8. The van der Waals surface area contributed by atoms with Crippen molar-refractivity contribution >= 4 is 11.9 Å². The molecule has 0 aromatic heterocycles. The van der Waals surface area contributed by atoms with Crippen LogP contribution in [0.25, 0.3) is 6.08 Å². The molecule has 116 valence electrons. The summed E-state index contributed by atoms with van der Waals surface area (Å²) in [6.07, 6.45) is 3.51. The molecule has 1 heterocycles. The van der Waals surface area contributed by atoms with E-state index in [4.69, 9.17) is 14.2 Å². The molecule has 4 nitrogen and oxygen atoms in total. The van der Waals surface area contributed by atoms with E-state index < -0.39 is 0 Å². The lowest BCUT2D eigenvalue weighted by molar-refractivity contribution is 0.102. The first kappa shape index (κ1) is 13.9. The third-order valence-corrected chi connectivity index (χ3v) is 4.25. The van der Waals surface area contributed by atoms with E-state index in [1.807, 2.05) is 42.5 Å². The van der Waals surface area contributed by atoms with Crippen LogP contribution in [-0.4, -0.2) is 19.7 Å². The topological polar surface area (TPSA) is 44.8 Å². The molecule has 0 saturated carbocycles. The van der Waals surface area contributed by atoms with Gasteiger partial charge >= 0.3 is 0 Å². The number of rotatable bonds is 2. The third-order valence-electron chi connectivity index (χ3n) is 4.25. The Labute approximate surface area is 134 Å². The first-order valence-corrected chi connectivity index (χ1v) is 7.56. The minimum absolute atomic E-state index is 0.0894. The maximum absolute atomic E-state index is 12.7. The largest absolute Gasteiger partial charge is 0.497 e. The molecule has 0 amide bonds. The highest BCUT2D eigenvalue weighted by molar-refractivity contribution is 6.13. The van der Waals surface area contributed by atoms with Gasteiger partial charge in [-0.2, -0.15) is 0 Å². The molecule has 0 atom stereocenters. The number of carbonyl (C=O) groups excluding carboxylic acids is 1. The van der Waals surface area contributed by atoms with Gasteiger partial charge in [0.05, 0.1) is 7.11 Å². The second kappa shape index (κ2) is 5.47. The van der Waals surface area contributed by atoms with Gasteiger partial charge in [-0.15, -0.1) is 0 Å². The Balaban J connectivity index is 1.66. The van der Waals surface area contributed by atoms with Crippen LogP contribution < -0.4 is 14.2 Å². The fourth-order valence-corrected chi connectivity index (χ4v) is 3.02. The maximum atomic E-state index is 12.7. The molecule has 0 spiro atoms. The molecule has 23 heavy (non-hydrogen) atoms. The summed E-state index contributed by atoms with van der Waals surface area (Å²) in [4.78, 5) is 12.7. The van der Waals surface area contributed by atoms with Crippen LogP contribution in [0.4, 0.5) is 0 Å². The monoisotopic (exact) mass is 308 g/mol. The Bertz CT molecular complexity index is 820. The van der Waals surface area contributed by atoms with E-state index in [0.29, 0.717) is 0 Å². The van der Waals surface area contributed by atoms with Crippen molar-refractivity contribution in [2.24, 2.45) is 0 Å². The highest BCUT2D eigenvalue weighted by Crippen LogP contribution is 2.34. The van der Waals surface area contributed by atoms with Crippen molar-refractivity contribution in [2.75, 3.05) is 13.9 Å². The Morgan fingerprint density at radius 2 is 1.91 bits per heavy atom. The molecule has 0 fully saturated rings. The van der Waals surface area contributed by atoms with Gasteiger partial charge in [0.1, 0.15) is 5.75 Å². The van der Waals surface area contributed by atoms with Gasteiger partial charge in [0, 0.05) is 11.1 Å². The minimum Gasteiger partial charge on any atom is -0.497 e. The van der Waals surface area contributed by atoms with Gasteiger partial charge in [0.15, 0.2) is 17.3 Å². The van der Waals surface area contributed by atoms with Crippen LogP contribution in [0, 0.1) is 0 Å². The maximum Gasteiger partial charge on any atom is 0.231 e. The van der Waals surface area contributed by atoms with E-state index in [-0.39, 0.29) is 12.6 Å². The number of ether oxygens (including phenoxy) is 3. The van der Waals surface area contributed by atoms with E-state index >= 15 is 0 Å². The Morgan fingerprint density at radius 3 is 2.78 bits per heavy atom. The van der Waals surface area contributed by atoms with Crippen molar-refractivity contribution in [1.82, 2.24) is 0 Å². The van der Waals surface area contributed by atoms with Gasteiger partial charge < -0.3 is 14.2 Å². The molecule has 2 aromatic rings. The molecule has 1 aliphatic heterocycles. The molecule has 0 unspecified atom stereocenters. The van der Waals surface area contributed by atoms with Crippen molar-refractivity contribution in [1.29, 1.82) is 0 Å². The Kier molecular flexibility index (Phi) is 3.30. The van der Waals surface area contributed by atoms with Crippen LogP contribution >= 0.6 is 0 Å². The van der Waals surface area contributed by atoms with Crippen molar-refractivity contribution < 1.29 is 19.0 Å². The average Bonchev–Trinajstić information content (AvgIpc) is 3.05. The second-order valence-electron chi connectivity index (χ2n) is 5.63. The summed E-state index contributed by atoms with van der Waals surface area (Å²) < 4.78 is 15.9. The normalized spacial score (nSPS) is 17.3. The van der Waals surface area contributed by atoms with Crippen molar-refractivity contribution in [2.45, 2.75) is 12.8 Å². The fraction of sp³-hybridized carbons (Fsp3) is 0.211. The second-order valence-corrected chi connectivity index (χ2v) is 5.63. The van der Waals surface area contributed by atoms with Crippen molar-refractivity contribution in [3.8, 4) is 17.2 Å². The molecule has 0 radical (unpaired) electrons. The summed E-state index contributed by atoms with van der Waals surface area (Å²) in [6, 6.07) is 11.4. The summed E-state index contributed by atoms with van der Waals surface area (Å²) in [5.41, 5.74) is 3.59. The van der Waals surface area contributed by atoms with Crippen LogP contribution in [0.5, 0.6) is 17.2 Å². The lowest BCUT2D eigenvalue weighted by Crippen LogP contribution is -2.14. The minimum atomic E-state index is 0.0894. The molecule has 4 heteroatoms. The number of aryl methyl sites for hydroxylation is 1. The van der Waals surface area contributed by atoms with Crippen molar-refractivity contribution in [3.05, 3.63) is 58.7 Å². The van der Waals surface area contributed by atoms with Gasteiger partial charge in [-0.05, 0) is 60.4 Å². The highest BCUT2D eigenvalue weighted by atomic mass is 16.7. The number of hydrogen-bond acceptors (Lipinski definition) is 4. The quantitative estimate of drug-likeness (QED) is 0.795. The van der Waals surface area contributed by atoms with Crippen LogP contribution in [0.3, 0.4) is 0 Å². The molecule has 1 aliphatic carbocycles. The van der Waals surface area contributed by atoms with Gasteiger partial charge in [0.25, 0.3) is 0 Å². The summed E-state index contributed by atoms with van der Waals surface area (Å²) >= 11 is 0. The predicted octanol–water partition coefficient (Wildman–Crippen LogP) is 3.64. The van der Waals surface area contributed by atoms with E-state index in [2.05, 4.69) is 0 Å². The standard InChI is InChI=1S/C19H16O4/c1-21-15-5-6-16-13(10-15)3-4-14(19(16)20)8-12-2-7-17-18(9-12)23-11-22-17/h2,5-10H,3-4,11H2,1H3. The van der Waals surface area contributed by atoms with Crippen LogP contribution in [0.15, 0.2) is 42.0 Å². The summed E-state index contributed by atoms with van der Waals surface area (Å²) in [7, 11) is 1.64. The number of carbonyl (C=O) groups is 1. The number of methoxy groups -OCH3 is 1. The molecule has 2 aliphatic rings. The summed E-state index contributed by atoms with van der Waals surface area (Å²) in [5, 5.41) is 0. The van der Waals surface area contributed by atoms with Gasteiger partial charge in [-0.3, -0.25) is 4.79 Å². The molecule has 0 N–H and O–H groups in total. The Morgan fingerprint density at radius 1 is 1.04 bits per heavy atom. The smallest absolute Gasteiger partial charge is 0.231 e. The average molecular weight is 308 g/mol. The molecular weight excluding hydrogens is 292 g/mol. The first-order valence-electron chi connectivity index (χ1n) is 7.56. The third kappa shape index (κ3) is 2.46. The van der Waals surface area contributed by atoms with E-state index in [1.165, 1.54) is 0 Å². The zero-order valence-corrected chi connectivity index (χ0v) is 12.8. The van der Waals surface area contributed by atoms with Crippen molar-refractivity contribution in [3.63, 3.8) is 0 Å². The van der Waals surface area contributed by atoms with E-state index in [1.54, 1.807) is 7.11 Å². The summed E-state index contributed by atoms with van der Waals surface area (Å²) in [6.45, 7) is 0.253. The first-order chi connectivity index (χ1) is 11.2. The number of allylic oxidation sites excluding steroid dienone is 1. The Hall–Kier alpha value is -2.75. The molecular formula is C19H16O4. The molecule has 4 rings (SSSR count). The number of benzene rings is 2. The van der Waals surface area contributed by atoms with Crippen LogP contribution in [0.2, 0.25) is 0 Å². The predicted molar refractivity (Wildman–Crippen MR) is 86.2 cm³/mol. The molecule has 0 bridgehead atoms. The zero-order valence-electron chi connectivity index (χ0n) is 12.8. The SMILES string of the molecule is COc1ccc2c(c1)CCC(=Cc1ccc3c(c1)OCO3)C2=O. The number of hydrogen-bond donors (Lipinski definition) is 0. The fourth-order valence-electron chi connectivity index (χ4n) is 3.02. The van der Waals surface area contributed by atoms with Gasteiger partial charge in [-0.1, -0.05) is 6.07 Å². The van der Waals surface area contributed by atoms with Crippen LogP contribution in [-0.2, 0) is 6.42 Å². The lowest BCUT2D eigenvalue weighted by Gasteiger charge is -2.18. The number of ketones is 1. The van der Waals surface area contributed by atoms with Crippen LogP contribution in [0.1, 0.15) is 27.9 Å². The lowest BCUT2D eigenvalue weighted by atomic mass is 9.86. The highest BCUT2D eigenvalue weighted by Gasteiger charge is 2.22. The molecule has 0 saturated heterocycles. The van der Waals surface area contributed by atoms with E-state index in [9.17, 15) is 4.79 Å².